The number of hydrogen-bond donors (Lipinski definition) is 0. The SMILES string of the molecule is CCOC(=O)C1CCCN(c2nccn3c(C)nnc23)C1. The molecule has 1 aliphatic heterocycles. The molecule has 1 atom stereocenters. The summed E-state index contributed by atoms with van der Waals surface area (Å²) >= 11 is 0. The molecule has 1 unspecified atom stereocenters. The molecule has 1 fully saturated rings. The zero-order valence-corrected chi connectivity index (χ0v) is 12.3. The number of carbonyl (C=O) groups is 1. The molecule has 3 rings (SSSR count). The molecule has 112 valence electrons. The summed E-state index contributed by atoms with van der Waals surface area (Å²) < 4.78 is 7.05. The Bertz CT molecular complexity index is 654. The van der Waals surface area contributed by atoms with Crippen molar-refractivity contribution in [2.75, 3.05) is 24.6 Å². The number of hydrogen-bond acceptors (Lipinski definition) is 6. The topological polar surface area (TPSA) is 72.6 Å². The van der Waals surface area contributed by atoms with E-state index in [1.807, 2.05) is 24.4 Å². The van der Waals surface area contributed by atoms with Gasteiger partial charge in [-0.3, -0.25) is 9.20 Å². The molecular weight excluding hydrogens is 270 g/mol. The van der Waals surface area contributed by atoms with Gasteiger partial charge in [0.05, 0.1) is 12.5 Å². The van der Waals surface area contributed by atoms with Gasteiger partial charge in [-0.1, -0.05) is 0 Å². The van der Waals surface area contributed by atoms with Gasteiger partial charge in [-0.15, -0.1) is 10.2 Å². The smallest absolute Gasteiger partial charge is 0.310 e. The van der Waals surface area contributed by atoms with Crippen LogP contribution >= 0.6 is 0 Å². The van der Waals surface area contributed by atoms with Gasteiger partial charge in [-0.2, -0.15) is 0 Å². The van der Waals surface area contributed by atoms with Crippen LogP contribution in [0.25, 0.3) is 5.65 Å². The normalized spacial score (nSPS) is 19.0. The van der Waals surface area contributed by atoms with E-state index in [4.69, 9.17) is 4.74 Å². The average Bonchev–Trinajstić information content (AvgIpc) is 2.89. The van der Waals surface area contributed by atoms with Gasteiger partial charge in [0.1, 0.15) is 5.82 Å². The molecular formula is C14H19N5O2. The predicted octanol–water partition coefficient (Wildman–Crippen LogP) is 1.21. The first-order valence-electron chi connectivity index (χ1n) is 7.28. The van der Waals surface area contributed by atoms with Gasteiger partial charge in [0.25, 0.3) is 0 Å². The number of anilines is 1. The summed E-state index contributed by atoms with van der Waals surface area (Å²) in [5, 5.41) is 8.28. The van der Waals surface area contributed by atoms with Crippen LogP contribution in [0.5, 0.6) is 0 Å². The molecule has 0 bridgehead atoms. The minimum Gasteiger partial charge on any atom is -0.466 e. The molecule has 3 heterocycles. The monoisotopic (exact) mass is 289 g/mol. The van der Waals surface area contributed by atoms with Crippen LogP contribution in [0.4, 0.5) is 5.82 Å². The zero-order valence-electron chi connectivity index (χ0n) is 12.3. The third-order valence-corrected chi connectivity index (χ3v) is 3.82. The molecule has 0 N–H and O–H groups in total. The van der Waals surface area contributed by atoms with Crippen molar-refractivity contribution in [1.29, 1.82) is 0 Å². The summed E-state index contributed by atoms with van der Waals surface area (Å²) in [6, 6.07) is 0. The van der Waals surface area contributed by atoms with Gasteiger partial charge < -0.3 is 9.64 Å². The van der Waals surface area contributed by atoms with E-state index in [9.17, 15) is 4.79 Å². The fourth-order valence-corrected chi connectivity index (χ4v) is 2.77. The van der Waals surface area contributed by atoms with Crippen LogP contribution in [0.3, 0.4) is 0 Å². The average molecular weight is 289 g/mol. The molecule has 2 aromatic rings. The Labute approximate surface area is 122 Å². The van der Waals surface area contributed by atoms with E-state index < -0.39 is 0 Å². The number of nitrogens with zero attached hydrogens (tertiary/aromatic N) is 5. The van der Waals surface area contributed by atoms with E-state index in [0.717, 1.165) is 36.7 Å². The Hall–Kier alpha value is -2.18. The summed E-state index contributed by atoms with van der Waals surface area (Å²) in [4.78, 5) is 18.5. The highest BCUT2D eigenvalue weighted by atomic mass is 16.5. The molecule has 0 aromatic carbocycles. The van der Waals surface area contributed by atoms with Gasteiger partial charge in [-0.25, -0.2) is 4.98 Å². The lowest BCUT2D eigenvalue weighted by Gasteiger charge is -2.32. The number of ether oxygens (including phenoxy) is 1. The summed E-state index contributed by atoms with van der Waals surface area (Å²) in [6.45, 7) is 5.65. The number of piperidine rings is 1. The van der Waals surface area contributed by atoms with Crippen molar-refractivity contribution < 1.29 is 9.53 Å². The number of aromatic nitrogens is 4. The molecule has 0 amide bonds. The third-order valence-electron chi connectivity index (χ3n) is 3.82. The fraction of sp³-hybridized carbons (Fsp3) is 0.571. The van der Waals surface area contributed by atoms with Gasteiger partial charge in [-0.05, 0) is 26.7 Å². The fourth-order valence-electron chi connectivity index (χ4n) is 2.77. The Balaban J connectivity index is 1.86. The quantitative estimate of drug-likeness (QED) is 0.791. The molecule has 7 nitrogen and oxygen atoms in total. The lowest BCUT2D eigenvalue weighted by atomic mass is 9.98. The number of rotatable bonds is 3. The minimum absolute atomic E-state index is 0.0928. The van der Waals surface area contributed by atoms with Crippen LogP contribution in [0.1, 0.15) is 25.6 Å². The molecule has 0 saturated carbocycles. The van der Waals surface area contributed by atoms with Crippen molar-refractivity contribution in [2.24, 2.45) is 5.92 Å². The van der Waals surface area contributed by atoms with Crippen LogP contribution in [-0.4, -0.2) is 45.2 Å². The van der Waals surface area contributed by atoms with Gasteiger partial charge in [0.2, 0.25) is 5.65 Å². The summed E-state index contributed by atoms with van der Waals surface area (Å²) in [7, 11) is 0. The van der Waals surface area contributed by atoms with Crippen molar-refractivity contribution in [3.8, 4) is 0 Å². The van der Waals surface area contributed by atoms with Gasteiger partial charge in [0, 0.05) is 25.5 Å². The lowest BCUT2D eigenvalue weighted by molar-refractivity contribution is -0.148. The predicted molar refractivity (Wildman–Crippen MR) is 77.1 cm³/mol. The second-order valence-electron chi connectivity index (χ2n) is 5.23. The van der Waals surface area contributed by atoms with Crippen molar-refractivity contribution in [3.05, 3.63) is 18.2 Å². The Morgan fingerprint density at radius 3 is 3.14 bits per heavy atom. The second-order valence-corrected chi connectivity index (χ2v) is 5.23. The van der Waals surface area contributed by atoms with Crippen LogP contribution in [-0.2, 0) is 9.53 Å². The van der Waals surface area contributed by atoms with Crippen molar-refractivity contribution in [2.45, 2.75) is 26.7 Å². The molecule has 1 aliphatic rings. The van der Waals surface area contributed by atoms with Gasteiger partial charge in [0.15, 0.2) is 5.82 Å². The van der Waals surface area contributed by atoms with Crippen LogP contribution < -0.4 is 4.90 Å². The molecule has 7 heteroatoms. The molecule has 1 saturated heterocycles. The summed E-state index contributed by atoms with van der Waals surface area (Å²) in [6.07, 6.45) is 5.40. The first kappa shape index (κ1) is 13.8. The van der Waals surface area contributed by atoms with E-state index in [0.29, 0.717) is 13.2 Å². The van der Waals surface area contributed by atoms with Crippen LogP contribution in [0, 0.1) is 12.8 Å². The van der Waals surface area contributed by atoms with Crippen molar-refractivity contribution in [3.63, 3.8) is 0 Å². The molecule has 2 aromatic heterocycles. The summed E-state index contributed by atoms with van der Waals surface area (Å²) in [5.74, 6) is 1.40. The van der Waals surface area contributed by atoms with E-state index in [-0.39, 0.29) is 11.9 Å². The maximum Gasteiger partial charge on any atom is 0.310 e. The Kier molecular flexibility index (Phi) is 3.72. The number of carbonyl (C=O) groups excluding carboxylic acids is 1. The largest absolute Gasteiger partial charge is 0.466 e. The Morgan fingerprint density at radius 1 is 1.48 bits per heavy atom. The first-order valence-corrected chi connectivity index (χ1v) is 7.28. The maximum atomic E-state index is 11.9. The zero-order chi connectivity index (χ0) is 14.8. The number of esters is 1. The Morgan fingerprint density at radius 2 is 2.33 bits per heavy atom. The minimum atomic E-state index is -0.119. The highest BCUT2D eigenvalue weighted by Crippen LogP contribution is 2.25. The maximum absolute atomic E-state index is 11.9. The van der Waals surface area contributed by atoms with Crippen LogP contribution in [0.15, 0.2) is 12.4 Å². The number of aryl methyl sites for hydroxylation is 1. The number of fused-ring (bicyclic) bond motifs is 1. The lowest BCUT2D eigenvalue weighted by Crippen LogP contribution is -2.40. The highest BCUT2D eigenvalue weighted by molar-refractivity contribution is 5.74. The third kappa shape index (κ3) is 2.55. The first-order chi connectivity index (χ1) is 10.2. The van der Waals surface area contributed by atoms with Crippen molar-refractivity contribution in [1.82, 2.24) is 19.6 Å². The second kappa shape index (κ2) is 5.67. The van der Waals surface area contributed by atoms with Crippen LogP contribution in [0.2, 0.25) is 0 Å². The van der Waals surface area contributed by atoms with E-state index in [2.05, 4.69) is 20.1 Å². The molecule has 21 heavy (non-hydrogen) atoms. The molecule has 0 aliphatic carbocycles. The van der Waals surface area contributed by atoms with E-state index in [1.54, 1.807) is 6.20 Å². The van der Waals surface area contributed by atoms with Gasteiger partial charge >= 0.3 is 5.97 Å². The van der Waals surface area contributed by atoms with E-state index in [1.165, 1.54) is 0 Å². The highest BCUT2D eigenvalue weighted by Gasteiger charge is 2.28. The van der Waals surface area contributed by atoms with E-state index >= 15 is 0 Å². The molecule has 0 radical (unpaired) electrons. The van der Waals surface area contributed by atoms with Crippen molar-refractivity contribution >= 4 is 17.4 Å². The summed E-state index contributed by atoms with van der Waals surface area (Å²) in [5.41, 5.74) is 0.736. The standard InChI is InChI=1S/C14H19N5O2/c1-3-21-14(20)11-5-4-7-18(9-11)12-13-17-16-10(2)19(13)8-6-15-12/h6,8,11H,3-5,7,9H2,1-2H3. The molecule has 0 spiro atoms.